The van der Waals surface area contributed by atoms with Crippen LogP contribution < -0.4 is 10.6 Å². The highest BCUT2D eigenvalue weighted by Gasteiger charge is 2.14. The minimum Gasteiger partial charge on any atom is -0.357 e. The Morgan fingerprint density at radius 2 is 1.34 bits per heavy atom. The van der Waals surface area contributed by atoms with Crippen LogP contribution in [0.1, 0.15) is 58.8 Å². The minimum absolute atomic E-state index is 0. The van der Waals surface area contributed by atoms with Gasteiger partial charge in [0.25, 0.3) is 0 Å². The number of hydrogen-bond acceptors (Lipinski definition) is 4. The van der Waals surface area contributed by atoms with Crippen LogP contribution in [0.5, 0.6) is 0 Å². The first-order valence-electron chi connectivity index (χ1n) is 12.0. The van der Waals surface area contributed by atoms with Gasteiger partial charge < -0.3 is 25.3 Å². The molecule has 0 aromatic heterocycles. The van der Waals surface area contributed by atoms with Crippen LogP contribution in [0.2, 0.25) is 0 Å². The minimum atomic E-state index is 0. The van der Waals surface area contributed by atoms with Gasteiger partial charge in [-0.25, -0.2) is 0 Å². The molecule has 0 saturated carbocycles. The average Bonchev–Trinajstić information content (AvgIpc) is 3.00. The molecule has 0 aromatic rings. The van der Waals surface area contributed by atoms with Crippen molar-refractivity contribution in [2.24, 2.45) is 4.99 Å². The second-order valence-corrected chi connectivity index (χ2v) is 8.28. The van der Waals surface area contributed by atoms with Crippen LogP contribution >= 0.6 is 24.0 Å². The largest absolute Gasteiger partial charge is 0.357 e. The first-order chi connectivity index (χ1) is 13.8. The molecule has 2 aliphatic rings. The lowest BCUT2D eigenvalue weighted by Crippen LogP contribution is -2.46. The van der Waals surface area contributed by atoms with Crippen molar-refractivity contribution in [3.05, 3.63) is 0 Å². The first-order valence-corrected chi connectivity index (χ1v) is 12.0. The molecule has 0 unspecified atom stereocenters. The molecule has 2 N–H and O–H groups in total. The van der Waals surface area contributed by atoms with Crippen molar-refractivity contribution >= 4 is 29.9 Å². The summed E-state index contributed by atoms with van der Waals surface area (Å²) in [6.07, 6.45) is 9.24. The zero-order valence-corrected chi connectivity index (χ0v) is 21.5. The van der Waals surface area contributed by atoms with Crippen molar-refractivity contribution in [1.82, 2.24) is 25.3 Å². The molecule has 0 aromatic carbocycles. The second kappa shape index (κ2) is 17.5. The van der Waals surface area contributed by atoms with E-state index in [0.717, 1.165) is 25.6 Å². The SMILES string of the molecule is CCNC(=NCCCN1CCCCCC1)NCCCCN1CCN(CC)CC1.I. The Morgan fingerprint density at radius 1 is 0.724 bits per heavy atom. The molecule has 172 valence electrons. The van der Waals surface area contributed by atoms with Gasteiger partial charge in [-0.15, -0.1) is 24.0 Å². The number of likely N-dealkylation sites (tertiary alicyclic amines) is 1. The molecule has 0 bridgehead atoms. The summed E-state index contributed by atoms with van der Waals surface area (Å²) in [5.41, 5.74) is 0. The molecule has 29 heavy (non-hydrogen) atoms. The fourth-order valence-corrected chi connectivity index (χ4v) is 4.18. The van der Waals surface area contributed by atoms with E-state index in [1.165, 1.54) is 104 Å². The van der Waals surface area contributed by atoms with Crippen LogP contribution in [-0.4, -0.2) is 99.2 Å². The number of guanidine groups is 1. The molecule has 2 fully saturated rings. The third kappa shape index (κ3) is 12.4. The van der Waals surface area contributed by atoms with Gasteiger partial charge in [0.15, 0.2) is 5.96 Å². The molecule has 0 atom stereocenters. The van der Waals surface area contributed by atoms with Crippen LogP contribution in [0.25, 0.3) is 0 Å². The molecule has 0 amide bonds. The van der Waals surface area contributed by atoms with Crippen molar-refractivity contribution in [2.75, 3.05) is 78.5 Å². The molecule has 6 nitrogen and oxygen atoms in total. The maximum Gasteiger partial charge on any atom is 0.191 e. The maximum absolute atomic E-state index is 4.78. The van der Waals surface area contributed by atoms with Gasteiger partial charge in [-0.2, -0.15) is 0 Å². The summed E-state index contributed by atoms with van der Waals surface area (Å²) < 4.78 is 0. The highest BCUT2D eigenvalue weighted by atomic mass is 127. The summed E-state index contributed by atoms with van der Waals surface area (Å²) in [5.74, 6) is 0.995. The van der Waals surface area contributed by atoms with E-state index in [-0.39, 0.29) is 24.0 Å². The van der Waals surface area contributed by atoms with Gasteiger partial charge in [0, 0.05) is 45.8 Å². The molecule has 2 heterocycles. The van der Waals surface area contributed by atoms with Gasteiger partial charge in [0.1, 0.15) is 0 Å². The van der Waals surface area contributed by atoms with E-state index in [2.05, 4.69) is 39.2 Å². The maximum atomic E-state index is 4.78. The van der Waals surface area contributed by atoms with E-state index in [1.54, 1.807) is 0 Å². The lowest BCUT2D eigenvalue weighted by molar-refractivity contribution is 0.136. The summed E-state index contributed by atoms with van der Waals surface area (Å²) in [5, 5.41) is 6.91. The number of piperazine rings is 1. The molecule has 0 radical (unpaired) electrons. The highest BCUT2D eigenvalue weighted by molar-refractivity contribution is 14.0. The summed E-state index contributed by atoms with van der Waals surface area (Å²) in [4.78, 5) is 12.6. The van der Waals surface area contributed by atoms with Crippen molar-refractivity contribution in [3.63, 3.8) is 0 Å². The van der Waals surface area contributed by atoms with E-state index in [9.17, 15) is 0 Å². The number of nitrogens with one attached hydrogen (secondary N) is 2. The Balaban J connectivity index is 0.00000420. The molecule has 7 heteroatoms. The van der Waals surface area contributed by atoms with E-state index < -0.39 is 0 Å². The fourth-order valence-electron chi connectivity index (χ4n) is 4.18. The average molecular weight is 523 g/mol. The van der Waals surface area contributed by atoms with E-state index in [4.69, 9.17) is 4.99 Å². The topological polar surface area (TPSA) is 46.1 Å². The third-order valence-corrected chi connectivity index (χ3v) is 6.05. The number of nitrogens with zero attached hydrogens (tertiary/aromatic N) is 4. The van der Waals surface area contributed by atoms with Crippen LogP contribution in [0.15, 0.2) is 4.99 Å². The van der Waals surface area contributed by atoms with Crippen LogP contribution in [0.4, 0.5) is 0 Å². The summed E-state index contributed by atoms with van der Waals surface area (Å²) in [6, 6.07) is 0. The summed E-state index contributed by atoms with van der Waals surface area (Å²) in [7, 11) is 0. The van der Waals surface area contributed by atoms with Gasteiger partial charge in [-0.05, 0) is 71.8 Å². The molecular formula is C22H47IN6. The second-order valence-electron chi connectivity index (χ2n) is 8.28. The predicted octanol–water partition coefficient (Wildman–Crippen LogP) is 2.84. The van der Waals surface area contributed by atoms with Crippen LogP contribution in [-0.2, 0) is 0 Å². The zero-order valence-electron chi connectivity index (χ0n) is 19.1. The van der Waals surface area contributed by atoms with Gasteiger partial charge >= 0.3 is 0 Å². The molecule has 0 aliphatic carbocycles. The van der Waals surface area contributed by atoms with Gasteiger partial charge in [-0.3, -0.25) is 4.99 Å². The van der Waals surface area contributed by atoms with Crippen molar-refractivity contribution in [1.29, 1.82) is 0 Å². The van der Waals surface area contributed by atoms with Gasteiger partial charge in [0.2, 0.25) is 0 Å². The monoisotopic (exact) mass is 522 g/mol. The molecule has 2 saturated heterocycles. The summed E-state index contributed by atoms with van der Waals surface area (Å²) >= 11 is 0. The highest BCUT2D eigenvalue weighted by Crippen LogP contribution is 2.09. The Labute approximate surface area is 197 Å². The Kier molecular flexibility index (Phi) is 16.3. The van der Waals surface area contributed by atoms with E-state index in [1.807, 2.05) is 0 Å². The van der Waals surface area contributed by atoms with Crippen molar-refractivity contribution in [2.45, 2.75) is 58.8 Å². The lowest BCUT2D eigenvalue weighted by Gasteiger charge is -2.34. The lowest BCUT2D eigenvalue weighted by atomic mass is 10.2. The number of unbranched alkanes of at least 4 members (excludes halogenated alkanes) is 1. The van der Waals surface area contributed by atoms with Crippen LogP contribution in [0, 0.1) is 0 Å². The smallest absolute Gasteiger partial charge is 0.191 e. The summed E-state index contributed by atoms with van der Waals surface area (Å²) in [6.45, 7) is 18.5. The Bertz CT molecular complexity index is 404. The number of aliphatic imine (C=N–C) groups is 1. The molecule has 2 rings (SSSR count). The third-order valence-electron chi connectivity index (χ3n) is 6.05. The molecular weight excluding hydrogens is 475 g/mol. The Morgan fingerprint density at radius 3 is 2.00 bits per heavy atom. The standard InChI is InChI=1S/C22H46N6.HI/c1-3-23-22(25-13-11-17-27-14-8-5-6-9-15-27)24-12-7-10-16-28-20-18-26(4-2)19-21-28;/h3-21H2,1-2H3,(H2,23,24,25);1H. The van der Waals surface area contributed by atoms with Gasteiger partial charge in [0.05, 0.1) is 0 Å². The zero-order chi connectivity index (χ0) is 19.9. The van der Waals surface area contributed by atoms with Gasteiger partial charge in [-0.1, -0.05) is 19.8 Å². The molecule has 2 aliphatic heterocycles. The first kappa shape index (κ1) is 26.9. The van der Waals surface area contributed by atoms with Crippen molar-refractivity contribution in [3.8, 4) is 0 Å². The number of rotatable bonds is 11. The number of halogens is 1. The fraction of sp³-hybridized carbons (Fsp3) is 0.955. The quantitative estimate of drug-likeness (QED) is 0.189. The molecule has 0 spiro atoms. The predicted molar refractivity (Wildman–Crippen MR) is 137 cm³/mol. The van der Waals surface area contributed by atoms with Crippen molar-refractivity contribution < 1.29 is 0 Å². The number of likely N-dealkylation sites (N-methyl/N-ethyl adjacent to an activating group) is 1. The van der Waals surface area contributed by atoms with E-state index in [0.29, 0.717) is 0 Å². The van der Waals surface area contributed by atoms with Crippen LogP contribution in [0.3, 0.4) is 0 Å². The Hall–Kier alpha value is -0.120. The van der Waals surface area contributed by atoms with E-state index >= 15 is 0 Å². The number of hydrogen-bond donors (Lipinski definition) is 2. The normalized spacial score (nSPS) is 20.1.